The number of fused-ring (bicyclic) bond motifs is 1. The highest BCUT2D eigenvalue weighted by atomic mass is 32.1. The molecule has 0 radical (unpaired) electrons. The van der Waals surface area contributed by atoms with Gasteiger partial charge in [-0.3, -0.25) is 0 Å². The summed E-state index contributed by atoms with van der Waals surface area (Å²) >= 11 is 1.93. The van der Waals surface area contributed by atoms with Crippen molar-refractivity contribution >= 4 is 23.5 Å². The minimum absolute atomic E-state index is 1.26. The van der Waals surface area contributed by atoms with Crippen molar-refractivity contribution in [3.63, 3.8) is 0 Å². The molecule has 0 aliphatic heterocycles. The molecule has 0 saturated carbocycles. The third-order valence-electron chi connectivity index (χ3n) is 2.76. The van der Waals surface area contributed by atoms with E-state index in [9.17, 15) is 0 Å². The summed E-state index contributed by atoms with van der Waals surface area (Å²) < 4.78 is 0. The molecule has 0 fully saturated rings. The summed E-state index contributed by atoms with van der Waals surface area (Å²) in [6, 6.07) is 0. The van der Waals surface area contributed by atoms with Crippen molar-refractivity contribution in [2.75, 3.05) is 0 Å². The van der Waals surface area contributed by atoms with Crippen molar-refractivity contribution in [2.24, 2.45) is 0 Å². The molecule has 88 valence electrons. The van der Waals surface area contributed by atoms with Crippen molar-refractivity contribution in [1.82, 2.24) is 0 Å². The Balaban J connectivity index is 0.000000606. The Morgan fingerprint density at radius 1 is 1.19 bits per heavy atom. The van der Waals surface area contributed by atoms with Crippen molar-refractivity contribution in [3.05, 3.63) is 33.5 Å². The van der Waals surface area contributed by atoms with E-state index in [-0.39, 0.29) is 0 Å². The number of aryl methyl sites for hydroxylation is 1. The zero-order valence-electron chi connectivity index (χ0n) is 10.7. The van der Waals surface area contributed by atoms with E-state index in [1.165, 1.54) is 36.1 Å². The van der Waals surface area contributed by atoms with E-state index in [1.807, 2.05) is 31.3 Å². The molecule has 1 aromatic rings. The van der Waals surface area contributed by atoms with Gasteiger partial charge in [0.15, 0.2) is 0 Å². The largest absolute Gasteiger partial charge is 0.140 e. The maximum atomic E-state index is 3.89. The molecule has 0 unspecified atom stereocenters. The van der Waals surface area contributed by atoms with Gasteiger partial charge in [-0.2, -0.15) is 0 Å². The molecule has 1 aromatic heterocycles. The van der Waals surface area contributed by atoms with E-state index < -0.39 is 0 Å². The van der Waals surface area contributed by atoms with Crippen LogP contribution in [0, 0.1) is 0 Å². The third-order valence-corrected chi connectivity index (χ3v) is 4.06. The lowest BCUT2D eigenvalue weighted by Gasteiger charge is -2.11. The first kappa shape index (κ1) is 13.2. The number of hydrogen-bond donors (Lipinski definition) is 0. The van der Waals surface area contributed by atoms with Gasteiger partial charge in [-0.25, -0.2) is 0 Å². The second-order valence-corrected chi connectivity index (χ2v) is 4.83. The predicted octanol–water partition coefficient (Wildman–Crippen LogP) is 5.33. The predicted molar refractivity (Wildman–Crippen MR) is 77.1 cm³/mol. The number of thiophene rings is 1. The van der Waals surface area contributed by atoms with Crippen LogP contribution >= 0.6 is 11.3 Å². The van der Waals surface area contributed by atoms with Gasteiger partial charge in [0.1, 0.15) is 0 Å². The van der Waals surface area contributed by atoms with Crippen LogP contribution in [-0.2, 0) is 12.8 Å². The lowest BCUT2D eigenvalue weighted by atomic mass is 9.94. The average Bonchev–Trinajstić information content (AvgIpc) is 2.71. The van der Waals surface area contributed by atoms with Crippen LogP contribution < -0.4 is 0 Å². The molecule has 2 rings (SSSR count). The number of allylic oxidation sites excluding steroid dienone is 1. The molecule has 0 aromatic carbocycles. The molecule has 1 aliphatic rings. The van der Waals surface area contributed by atoms with Crippen LogP contribution in [0.15, 0.2) is 12.7 Å². The van der Waals surface area contributed by atoms with Crippen molar-refractivity contribution < 1.29 is 0 Å². The van der Waals surface area contributed by atoms with Crippen LogP contribution in [-0.4, -0.2) is 0 Å². The molecule has 16 heavy (non-hydrogen) atoms. The Morgan fingerprint density at radius 2 is 1.88 bits per heavy atom. The van der Waals surface area contributed by atoms with Gasteiger partial charge in [-0.15, -0.1) is 11.3 Å². The maximum absolute atomic E-state index is 3.89. The van der Waals surface area contributed by atoms with E-state index in [1.54, 1.807) is 10.4 Å². The topological polar surface area (TPSA) is 0 Å². The summed E-state index contributed by atoms with van der Waals surface area (Å²) in [5, 5.41) is 0. The first-order valence-electron chi connectivity index (χ1n) is 6.26. The summed E-state index contributed by atoms with van der Waals surface area (Å²) in [5.41, 5.74) is 3.02. The van der Waals surface area contributed by atoms with Crippen LogP contribution in [0.2, 0.25) is 0 Å². The zero-order chi connectivity index (χ0) is 12.0. The standard InChI is InChI=1S/C13H16S.C2H6/c1-3-7-10-11-8-5-6-9-13(11)14-12(10)4-2;1-2/h3-4,7H,2,5-6,8-9H2,1H3;1-2H3/b7-3-;. The molecular weight excluding hydrogens is 212 g/mol. The minimum Gasteiger partial charge on any atom is -0.140 e. The van der Waals surface area contributed by atoms with Crippen molar-refractivity contribution in [1.29, 1.82) is 0 Å². The summed E-state index contributed by atoms with van der Waals surface area (Å²) in [6.45, 7) is 9.98. The molecule has 0 nitrogen and oxygen atoms in total. The summed E-state index contributed by atoms with van der Waals surface area (Å²) in [7, 11) is 0. The van der Waals surface area contributed by atoms with Gasteiger partial charge < -0.3 is 0 Å². The fraction of sp³-hybridized carbons (Fsp3) is 0.467. The summed E-state index contributed by atoms with van der Waals surface area (Å²) in [6.07, 6.45) is 11.6. The van der Waals surface area contributed by atoms with Gasteiger partial charge in [-0.1, -0.05) is 38.7 Å². The Kier molecular flexibility index (Phi) is 5.54. The Labute approximate surface area is 104 Å². The van der Waals surface area contributed by atoms with Crippen LogP contribution in [0.25, 0.3) is 12.2 Å². The van der Waals surface area contributed by atoms with E-state index in [0.717, 1.165) is 0 Å². The highest BCUT2D eigenvalue weighted by Crippen LogP contribution is 2.35. The average molecular weight is 234 g/mol. The van der Waals surface area contributed by atoms with Gasteiger partial charge >= 0.3 is 0 Å². The fourth-order valence-corrected chi connectivity index (χ4v) is 3.34. The lowest BCUT2D eigenvalue weighted by Crippen LogP contribution is -1.99. The normalized spacial score (nSPS) is 14.2. The molecule has 0 spiro atoms. The van der Waals surface area contributed by atoms with Gasteiger partial charge in [0.25, 0.3) is 0 Å². The number of rotatable bonds is 2. The van der Waals surface area contributed by atoms with Crippen LogP contribution in [0.5, 0.6) is 0 Å². The lowest BCUT2D eigenvalue weighted by molar-refractivity contribution is 0.696. The maximum Gasteiger partial charge on any atom is 0.0342 e. The van der Waals surface area contributed by atoms with Gasteiger partial charge in [-0.05, 0) is 43.7 Å². The molecular formula is C15H22S. The van der Waals surface area contributed by atoms with Crippen molar-refractivity contribution in [2.45, 2.75) is 46.5 Å². The van der Waals surface area contributed by atoms with Crippen molar-refractivity contribution in [3.8, 4) is 0 Å². The van der Waals surface area contributed by atoms with E-state index in [2.05, 4.69) is 25.7 Å². The second-order valence-electron chi connectivity index (χ2n) is 3.69. The smallest absolute Gasteiger partial charge is 0.0342 e. The monoisotopic (exact) mass is 234 g/mol. The van der Waals surface area contributed by atoms with E-state index in [4.69, 9.17) is 0 Å². The minimum atomic E-state index is 1.26. The summed E-state index contributed by atoms with van der Waals surface area (Å²) in [5.74, 6) is 0. The number of hydrogen-bond acceptors (Lipinski definition) is 1. The molecule has 0 N–H and O–H groups in total. The van der Waals surface area contributed by atoms with Crippen LogP contribution in [0.4, 0.5) is 0 Å². The molecule has 1 heteroatoms. The van der Waals surface area contributed by atoms with Crippen LogP contribution in [0.1, 0.15) is 54.5 Å². The van der Waals surface area contributed by atoms with E-state index in [0.29, 0.717) is 0 Å². The second kappa shape index (κ2) is 6.70. The van der Waals surface area contributed by atoms with Crippen LogP contribution in [0.3, 0.4) is 0 Å². The molecule has 1 aliphatic carbocycles. The first-order valence-corrected chi connectivity index (χ1v) is 7.08. The van der Waals surface area contributed by atoms with Gasteiger partial charge in [0, 0.05) is 9.75 Å². The molecule has 0 atom stereocenters. The Bertz CT molecular complexity index is 369. The van der Waals surface area contributed by atoms with Gasteiger partial charge in [0.2, 0.25) is 0 Å². The highest BCUT2D eigenvalue weighted by Gasteiger charge is 2.17. The Morgan fingerprint density at radius 3 is 2.50 bits per heavy atom. The zero-order valence-corrected chi connectivity index (χ0v) is 11.5. The molecule has 1 heterocycles. The Hall–Kier alpha value is -0.820. The fourth-order valence-electron chi connectivity index (χ4n) is 2.11. The SMILES string of the molecule is C=Cc1sc2c(c1/C=C\C)CCCC2.CC. The van der Waals surface area contributed by atoms with E-state index >= 15 is 0 Å². The first-order chi connectivity index (χ1) is 7.86. The molecule has 0 amide bonds. The third kappa shape index (κ3) is 2.65. The quantitative estimate of drug-likeness (QED) is 0.649. The molecule has 0 saturated heterocycles. The highest BCUT2D eigenvalue weighted by molar-refractivity contribution is 7.13. The molecule has 0 bridgehead atoms. The summed E-state index contributed by atoms with van der Waals surface area (Å²) in [4.78, 5) is 2.95. The van der Waals surface area contributed by atoms with Gasteiger partial charge in [0.05, 0.1) is 0 Å².